The molecule has 2 aromatic rings. The van der Waals surface area contributed by atoms with Gasteiger partial charge in [0, 0.05) is 36.4 Å². The quantitative estimate of drug-likeness (QED) is 0.846. The Morgan fingerprint density at radius 2 is 2.15 bits per heavy atom. The zero-order valence-electron chi connectivity index (χ0n) is 11.4. The molecule has 1 aromatic heterocycles. The van der Waals surface area contributed by atoms with Crippen molar-refractivity contribution in [2.45, 2.75) is 13.0 Å². The first-order valence-corrected chi connectivity index (χ1v) is 6.84. The molecular formula is C16H16ClN3. The fraction of sp³-hybridized carbons (Fsp3) is 0.250. The van der Waals surface area contributed by atoms with E-state index in [1.165, 1.54) is 0 Å². The third-order valence-electron chi connectivity index (χ3n) is 3.10. The molecule has 0 spiro atoms. The van der Waals surface area contributed by atoms with Gasteiger partial charge in [0.2, 0.25) is 0 Å². The first-order valence-electron chi connectivity index (χ1n) is 6.46. The molecule has 0 N–H and O–H groups in total. The Kier molecular flexibility index (Phi) is 5.11. The van der Waals surface area contributed by atoms with Crippen LogP contribution in [-0.4, -0.2) is 23.5 Å². The standard InChI is InChI=1S/C16H16ClN3/c1-20(9-7-15-4-2-3-8-19-15)12-14-6-5-13(11-18)10-16(14)17/h2-6,8,10H,7,9,12H2,1H3. The number of nitriles is 1. The third-order valence-corrected chi connectivity index (χ3v) is 3.45. The molecule has 0 aliphatic carbocycles. The Morgan fingerprint density at radius 1 is 1.30 bits per heavy atom. The van der Waals surface area contributed by atoms with Crippen molar-refractivity contribution in [3.63, 3.8) is 0 Å². The Balaban J connectivity index is 1.91. The summed E-state index contributed by atoms with van der Waals surface area (Å²) < 4.78 is 0. The number of benzene rings is 1. The Morgan fingerprint density at radius 3 is 2.80 bits per heavy atom. The van der Waals surface area contributed by atoms with Crippen molar-refractivity contribution in [2.75, 3.05) is 13.6 Å². The summed E-state index contributed by atoms with van der Waals surface area (Å²) in [5, 5.41) is 9.47. The minimum atomic E-state index is 0.592. The molecule has 102 valence electrons. The molecule has 0 saturated heterocycles. The molecule has 0 amide bonds. The molecule has 0 unspecified atom stereocenters. The normalized spacial score (nSPS) is 10.5. The van der Waals surface area contributed by atoms with Crippen molar-refractivity contribution >= 4 is 11.6 Å². The summed E-state index contributed by atoms with van der Waals surface area (Å²) >= 11 is 6.18. The van der Waals surface area contributed by atoms with Crippen molar-refractivity contribution in [1.82, 2.24) is 9.88 Å². The highest BCUT2D eigenvalue weighted by atomic mass is 35.5. The van der Waals surface area contributed by atoms with E-state index in [0.717, 1.165) is 30.8 Å². The molecule has 0 bridgehead atoms. The number of likely N-dealkylation sites (N-methyl/N-ethyl adjacent to an activating group) is 1. The van der Waals surface area contributed by atoms with Gasteiger partial charge in [-0.15, -0.1) is 0 Å². The molecule has 2 rings (SSSR count). The van der Waals surface area contributed by atoms with E-state index in [2.05, 4.69) is 23.0 Å². The lowest BCUT2D eigenvalue weighted by atomic mass is 10.1. The van der Waals surface area contributed by atoms with Gasteiger partial charge in [0.15, 0.2) is 0 Å². The van der Waals surface area contributed by atoms with Crippen molar-refractivity contribution in [3.05, 3.63) is 64.4 Å². The molecule has 1 heterocycles. The second-order valence-electron chi connectivity index (χ2n) is 4.73. The highest BCUT2D eigenvalue weighted by Crippen LogP contribution is 2.19. The monoisotopic (exact) mass is 285 g/mol. The zero-order valence-corrected chi connectivity index (χ0v) is 12.1. The maximum absolute atomic E-state index is 8.82. The fourth-order valence-corrected chi connectivity index (χ4v) is 2.21. The topological polar surface area (TPSA) is 39.9 Å². The van der Waals surface area contributed by atoms with Crippen LogP contribution in [-0.2, 0) is 13.0 Å². The van der Waals surface area contributed by atoms with Gasteiger partial charge in [-0.2, -0.15) is 5.26 Å². The van der Waals surface area contributed by atoms with Gasteiger partial charge in [-0.1, -0.05) is 23.7 Å². The lowest BCUT2D eigenvalue weighted by Crippen LogP contribution is -2.21. The minimum Gasteiger partial charge on any atom is -0.302 e. The predicted molar refractivity (Wildman–Crippen MR) is 80.4 cm³/mol. The number of aromatic nitrogens is 1. The Labute approximate surface area is 124 Å². The molecule has 0 saturated carbocycles. The average molecular weight is 286 g/mol. The molecular weight excluding hydrogens is 270 g/mol. The van der Waals surface area contributed by atoms with E-state index < -0.39 is 0 Å². The molecule has 0 radical (unpaired) electrons. The van der Waals surface area contributed by atoms with Crippen LogP contribution in [0.15, 0.2) is 42.6 Å². The Hall–Kier alpha value is -1.89. The van der Waals surface area contributed by atoms with Gasteiger partial charge in [-0.25, -0.2) is 0 Å². The minimum absolute atomic E-state index is 0.592. The number of hydrogen-bond donors (Lipinski definition) is 0. The van der Waals surface area contributed by atoms with Crippen LogP contribution in [0.1, 0.15) is 16.8 Å². The van der Waals surface area contributed by atoms with E-state index in [1.54, 1.807) is 12.1 Å². The van der Waals surface area contributed by atoms with Crippen LogP contribution >= 0.6 is 11.6 Å². The van der Waals surface area contributed by atoms with E-state index in [1.807, 2.05) is 30.5 Å². The van der Waals surface area contributed by atoms with Gasteiger partial charge in [0.1, 0.15) is 0 Å². The van der Waals surface area contributed by atoms with E-state index in [-0.39, 0.29) is 0 Å². The van der Waals surface area contributed by atoms with Crippen molar-refractivity contribution < 1.29 is 0 Å². The van der Waals surface area contributed by atoms with Gasteiger partial charge in [0.05, 0.1) is 11.6 Å². The van der Waals surface area contributed by atoms with Crippen LogP contribution in [0.5, 0.6) is 0 Å². The number of halogens is 1. The van der Waals surface area contributed by atoms with Crippen LogP contribution in [0.4, 0.5) is 0 Å². The van der Waals surface area contributed by atoms with Crippen LogP contribution in [0.25, 0.3) is 0 Å². The first-order chi connectivity index (χ1) is 9.69. The van der Waals surface area contributed by atoms with Crippen LogP contribution in [0.2, 0.25) is 5.02 Å². The summed E-state index contributed by atoms with van der Waals surface area (Å²) in [7, 11) is 2.05. The molecule has 4 heteroatoms. The lowest BCUT2D eigenvalue weighted by Gasteiger charge is -2.17. The molecule has 0 fully saturated rings. The molecule has 0 atom stereocenters. The molecule has 0 aliphatic heterocycles. The molecule has 0 aliphatic rings. The second-order valence-corrected chi connectivity index (χ2v) is 5.13. The van der Waals surface area contributed by atoms with Crippen LogP contribution in [0, 0.1) is 11.3 Å². The van der Waals surface area contributed by atoms with E-state index in [0.29, 0.717) is 10.6 Å². The van der Waals surface area contributed by atoms with Crippen molar-refractivity contribution in [3.8, 4) is 6.07 Å². The Bertz CT molecular complexity index is 605. The lowest BCUT2D eigenvalue weighted by molar-refractivity contribution is 0.330. The highest BCUT2D eigenvalue weighted by molar-refractivity contribution is 6.31. The summed E-state index contributed by atoms with van der Waals surface area (Å²) in [5.74, 6) is 0. The summed E-state index contributed by atoms with van der Waals surface area (Å²) in [4.78, 5) is 6.51. The summed E-state index contributed by atoms with van der Waals surface area (Å²) in [6.07, 6.45) is 2.72. The van der Waals surface area contributed by atoms with E-state index in [9.17, 15) is 0 Å². The van der Waals surface area contributed by atoms with E-state index in [4.69, 9.17) is 16.9 Å². The maximum atomic E-state index is 8.82. The number of rotatable bonds is 5. The number of pyridine rings is 1. The van der Waals surface area contributed by atoms with Gasteiger partial charge in [-0.05, 0) is 36.9 Å². The zero-order chi connectivity index (χ0) is 14.4. The van der Waals surface area contributed by atoms with E-state index >= 15 is 0 Å². The SMILES string of the molecule is CN(CCc1ccccn1)Cc1ccc(C#N)cc1Cl. The fourth-order valence-electron chi connectivity index (χ4n) is 1.97. The second kappa shape index (κ2) is 7.04. The summed E-state index contributed by atoms with van der Waals surface area (Å²) in [6, 6.07) is 13.5. The first kappa shape index (κ1) is 14.5. The molecule has 3 nitrogen and oxygen atoms in total. The van der Waals surface area contributed by atoms with Gasteiger partial charge >= 0.3 is 0 Å². The number of hydrogen-bond acceptors (Lipinski definition) is 3. The van der Waals surface area contributed by atoms with Crippen LogP contribution < -0.4 is 0 Å². The average Bonchev–Trinajstić information content (AvgIpc) is 2.48. The highest BCUT2D eigenvalue weighted by Gasteiger charge is 2.06. The van der Waals surface area contributed by atoms with Gasteiger partial charge in [0.25, 0.3) is 0 Å². The number of nitrogens with zero attached hydrogens (tertiary/aromatic N) is 3. The maximum Gasteiger partial charge on any atom is 0.0992 e. The van der Waals surface area contributed by atoms with Crippen molar-refractivity contribution in [2.24, 2.45) is 0 Å². The smallest absolute Gasteiger partial charge is 0.0992 e. The van der Waals surface area contributed by atoms with Crippen LogP contribution in [0.3, 0.4) is 0 Å². The van der Waals surface area contributed by atoms with Gasteiger partial charge in [-0.3, -0.25) is 4.98 Å². The summed E-state index contributed by atoms with van der Waals surface area (Å²) in [5.41, 5.74) is 2.72. The third kappa shape index (κ3) is 4.06. The molecule has 1 aromatic carbocycles. The van der Waals surface area contributed by atoms with Gasteiger partial charge < -0.3 is 4.90 Å². The molecule has 20 heavy (non-hydrogen) atoms. The van der Waals surface area contributed by atoms with Crippen molar-refractivity contribution in [1.29, 1.82) is 5.26 Å². The predicted octanol–water partition coefficient (Wildman–Crippen LogP) is 3.28. The largest absolute Gasteiger partial charge is 0.302 e. The summed E-state index contributed by atoms with van der Waals surface area (Å²) in [6.45, 7) is 1.67.